The standard InChI is InChI=1S/2C18H17F3N4.2H2/c2*19-18(20,21)16-15-13(7-8-23-17(15)25-24-16)11-4-1-3-10(9-11)12-5-2-6-14(12)22;;/h2*1,3-4,7-9,12,14H,2,5-6,22H2,(H,23,24,25);2*1H/t2*12-,14?;;/m10../s1. The number of pyridine rings is 2. The van der Waals surface area contributed by atoms with Gasteiger partial charge in [0.15, 0.2) is 11.3 Å². The molecule has 264 valence electrons. The minimum atomic E-state index is -4.52. The molecule has 0 saturated heterocycles. The molecule has 14 heteroatoms. The van der Waals surface area contributed by atoms with Crippen molar-refractivity contribution in [1.29, 1.82) is 0 Å². The van der Waals surface area contributed by atoms with Gasteiger partial charge < -0.3 is 11.5 Å². The molecule has 50 heavy (non-hydrogen) atoms. The van der Waals surface area contributed by atoms with Gasteiger partial charge in [0, 0.05) is 27.3 Å². The summed E-state index contributed by atoms with van der Waals surface area (Å²) >= 11 is 0. The van der Waals surface area contributed by atoms with E-state index >= 15 is 0 Å². The number of nitrogens with zero attached hydrogens (tertiary/aromatic N) is 4. The van der Waals surface area contributed by atoms with E-state index < -0.39 is 23.7 Å². The van der Waals surface area contributed by atoms with Crippen LogP contribution < -0.4 is 11.5 Å². The van der Waals surface area contributed by atoms with Gasteiger partial charge >= 0.3 is 12.4 Å². The monoisotopic (exact) mass is 696 g/mol. The molecule has 0 amide bonds. The number of fused-ring (bicyclic) bond motifs is 2. The van der Waals surface area contributed by atoms with Crippen molar-refractivity contribution >= 4 is 22.1 Å². The van der Waals surface area contributed by atoms with Gasteiger partial charge in [0.25, 0.3) is 0 Å². The van der Waals surface area contributed by atoms with Gasteiger partial charge in [-0.1, -0.05) is 61.4 Å². The minimum absolute atomic E-state index is 0. The molecule has 4 atom stereocenters. The molecule has 4 aromatic heterocycles. The Hall–Kier alpha value is -4.82. The highest BCUT2D eigenvalue weighted by molar-refractivity contribution is 5.95. The van der Waals surface area contributed by atoms with Crippen LogP contribution in [0.4, 0.5) is 26.3 Å². The number of benzene rings is 2. The molecule has 0 bridgehead atoms. The largest absolute Gasteiger partial charge is 0.433 e. The van der Waals surface area contributed by atoms with E-state index in [2.05, 4.69) is 30.4 Å². The van der Waals surface area contributed by atoms with Crippen molar-refractivity contribution in [3.8, 4) is 22.3 Å². The number of alkyl halides is 6. The van der Waals surface area contributed by atoms with Crippen LogP contribution in [0, 0.1) is 0 Å². The first-order chi connectivity index (χ1) is 23.9. The number of hydrogen-bond acceptors (Lipinski definition) is 6. The van der Waals surface area contributed by atoms with E-state index in [-0.39, 0.29) is 48.8 Å². The van der Waals surface area contributed by atoms with E-state index in [1.54, 1.807) is 12.1 Å². The minimum Gasteiger partial charge on any atom is -0.327 e. The maximum Gasteiger partial charge on any atom is 0.433 e. The highest BCUT2D eigenvalue weighted by atomic mass is 19.4. The van der Waals surface area contributed by atoms with Crippen LogP contribution in [0.1, 0.15) is 75.7 Å². The van der Waals surface area contributed by atoms with E-state index in [9.17, 15) is 26.3 Å². The number of aromatic amines is 2. The SMILES string of the molecule is NC1CCC[C@@H]1c1cccc(-c2ccnc3n[nH]c(C(F)(F)F)c23)c1.NC1CCC[C@H]1c1cccc(-c2ccnc3n[nH]c(C(F)(F)F)c23)c1.[HH].[HH]. The Balaban J connectivity index is 0.000000194. The summed E-state index contributed by atoms with van der Waals surface area (Å²) in [5, 5.41) is 11.6. The van der Waals surface area contributed by atoms with Gasteiger partial charge in [0.1, 0.15) is 11.4 Å². The molecule has 2 aromatic carbocycles. The molecule has 8 nitrogen and oxygen atoms in total. The molecule has 2 unspecified atom stereocenters. The van der Waals surface area contributed by atoms with Crippen LogP contribution in [-0.4, -0.2) is 42.4 Å². The van der Waals surface area contributed by atoms with Crippen molar-refractivity contribution in [3.63, 3.8) is 0 Å². The fourth-order valence-electron chi connectivity index (χ4n) is 7.46. The van der Waals surface area contributed by atoms with Crippen molar-refractivity contribution in [3.05, 3.63) is 95.6 Å². The Labute approximate surface area is 285 Å². The number of rotatable bonds is 4. The predicted molar refractivity (Wildman–Crippen MR) is 182 cm³/mol. The first kappa shape index (κ1) is 33.7. The van der Waals surface area contributed by atoms with Crippen LogP contribution >= 0.6 is 0 Å². The third kappa shape index (κ3) is 6.44. The predicted octanol–water partition coefficient (Wildman–Crippen LogP) is 8.97. The number of nitrogens with one attached hydrogen (secondary N) is 2. The second-order valence-electron chi connectivity index (χ2n) is 13.0. The molecule has 8 rings (SSSR count). The lowest BCUT2D eigenvalue weighted by Crippen LogP contribution is -2.22. The number of nitrogens with two attached hydrogens (primary N) is 2. The molecule has 2 aliphatic carbocycles. The van der Waals surface area contributed by atoms with Crippen LogP contribution in [0.3, 0.4) is 0 Å². The summed E-state index contributed by atoms with van der Waals surface area (Å²) in [6.07, 6.45) is 0.0642. The topological polar surface area (TPSA) is 135 Å². The molecule has 0 radical (unpaired) electrons. The van der Waals surface area contributed by atoms with Gasteiger partial charge in [-0.15, -0.1) is 0 Å². The lowest BCUT2D eigenvalue weighted by Gasteiger charge is -2.17. The lowest BCUT2D eigenvalue weighted by atomic mass is 9.91. The summed E-state index contributed by atoms with van der Waals surface area (Å²) in [6.45, 7) is 0. The molecule has 0 aliphatic heterocycles. The lowest BCUT2D eigenvalue weighted by molar-refractivity contribution is -0.140. The zero-order valence-corrected chi connectivity index (χ0v) is 26.7. The van der Waals surface area contributed by atoms with Crippen molar-refractivity contribution in [2.45, 2.75) is 74.8 Å². The first-order valence-corrected chi connectivity index (χ1v) is 16.4. The van der Waals surface area contributed by atoms with Crippen LogP contribution in [0.15, 0.2) is 73.1 Å². The number of hydrogen-bond donors (Lipinski definition) is 4. The number of aromatic nitrogens is 6. The van der Waals surface area contributed by atoms with E-state index in [1.807, 2.05) is 48.5 Å². The van der Waals surface area contributed by atoms with E-state index in [0.29, 0.717) is 11.1 Å². The number of halogens is 6. The van der Waals surface area contributed by atoms with Crippen molar-refractivity contribution in [1.82, 2.24) is 30.4 Å². The maximum absolute atomic E-state index is 13.3. The summed E-state index contributed by atoms with van der Waals surface area (Å²) in [5.41, 5.74) is 15.3. The van der Waals surface area contributed by atoms with Crippen molar-refractivity contribution < 1.29 is 29.2 Å². The summed E-state index contributed by atoms with van der Waals surface area (Å²) in [5.74, 6) is 0.507. The normalized spacial score (nSPS) is 21.1. The molecule has 6 N–H and O–H groups in total. The van der Waals surface area contributed by atoms with E-state index in [0.717, 1.165) is 60.8 Å². The molecule has 6 aromatic rings. The molecule has 0 spiro atoms. The Bertz CT molecular complexity index is 2000. The summed E-state index contributed by atoms with van der Waals surface area (Å²) in [4.78, 5) is 7.90. The van der Waals surface area contributed by atoms with Gasteiger partial charge in [-0.2, -0.15) is 36.5 Å². The van der Waals surface area contributed by atoms with E-state index in [1.165, 1.54) is 12.4 Å². The molecule has 2 saturated carbocycles. The van der Waals surface area contributed by atoms with Crippen LogP contribution in [-0.2, 0) is 12.4 Å². The van der Waals surface area contributed by atoms with Gasteiger partial charge in [0.05, 0.1) is 10.8 Å². The van der Waals surface area contributed by atoms with Gasteiger partial charge in [-0.05, 0) is 83.0 Å². The fourth-order valence-corrected chi connectivity index (χ4v) is 7.46. The molecular weight excluding hydrogens is 658 g/mol. The Morgan fingerprint density at radius 1 is 0.600 bits per heavy atom. The Kier molecular flexibility index (Phi) is 8.85. The average molecular weight is 697 g/mol. The van der Waals surface area contributed by atoms with Gasteiger partial charge in [-0.25, -0.2) is 9.97 Å². The molecule has 2 aliphatic rings. The smallest absolute Gasteiger partial charge is 0.327 e. The summed E-state index contributed by atoms with van der Waals surface area (Å²) < 4.78 is 79.8. The van der Waals surface area contributed by atoms with Crippen molar-refractivity contribution in [2.75, 3.05) is 0 Å². The summed E-state index contributed by atoms with van der Waals surface area (Å²) in [6, 6.07) is 18.6. The fraction of sp³-hybridized carbons (Fsp3) is 0.333. The van der Waals surface area contributed by atoms with Crippen LogP contribution in [0.25, 0.3) is 44.3 Å². The number of H-pyrrole nitrogens is 2. The highest BCUT2D eigenvalue weighted by Gasteiger charge is 2.38. The van der Waals surface area contributed by atoms with Crippen LogP contribution in [0.5, 0.6) is 0 Å². The zero-order chi connectivity index (χ0) is 35.2. The third-order valence-corrected chi connectivity index (χ3v) is 9.87. The maximum atomic E-state index is 13.3. The average Bonchev–Trinajstić information content (AvgIpc) is 3.90. The first-order valence-electron chi connectivity index (χ1n) is 16.4. The zero-order valence-electron chi connectivity index (χ0n) is 26.7. The Morgan fingerprint density at radius 3 is 1.38 bits per heavy atom. The van der Waals surface area contributed by atoms with Crippen molar-refractivity contribution in [2.24, 2.45) is 11.5 Å². The quantitative estimate of drug-likeness (QED) is 0.136. The molecule has 2 fully saturated rings. The second kappa shape index (κ2) is 13.1. The summed E-state index contributed by atoms with van der Waals surface area (Å²) in [7, 11) is 0. The molecule has 4 heterocycles. The van der Waals surface area contributed by atoms with Gasteiger partial charge in [-0.3, -0.25) is 10.2 Å². The second-order valence-corrected chi connectivity index (χ2v) is 13.0. The molecular formula is C36H38F6N8. The Morgan fingerprint density at radius 2 is 1.02 bits per heavy atom. The van der Waals surface area contributed by atoms with E-state index in [4.69, 9.17) is 11.5 Å². The van der Waals surface area contributed by atoms with Crippen LogP contribution in [0.2, 0.25) is 0 Å². The van der Waals surface area contributed by atoms with Gasteiger partial charge in [0.2, 0.25) is 0 Å². The highest BCUT2D eigenvalue weighted by Crippen LogP contribution is 2.41. The third-order valence-electron chi connectivity index (χ3n) is 9.87.